The maximum absolute atomic E-state index is 12.9. The fourth-order valence-electron chi connectivity index (χ4n) is 12.9. The monoisotopic (exact) mass is 1140 g/mol. The van der Waals surface area contributed by atoms with E-state index in [0.717, 1.165) is 120 Å². The normalized spacial score (nSPS) is 16.9. The van der Waals surface area contributed by atoms with Gasteiger partial charge in [-0.1, -0.05) is 193 Å². The maximum atomic E-state index is 12.9. The van der Waals surface area contributed by atoms with Gasteiger partial charge in [0, 0.05) is 51.7 Å². The summed E-state index contributed by atoms with van der Waals surface area (Å²) in [6, 6.07) is 0. The lowest BCUT2D eigenvalue weighted by Crippen LogP contribution is -2.28. The first-order valence-electron chi connectivity index (χ1n) is 33.9. The number of carbonyl (C=O) groups excluding carboxylic acids is 6. The highest BCUT2D eigenvalue weighted by Gasteiger charge is 2.22. The van der Waals surface area contributed by atoms with Gasteiger partial charge < -0.3 is 38.4 Å². The van der Waals surface area contributed by atoms with Crippen LogP contribution in [0.5, 0.6) is 0 Å². The molecular weight excluding hydrogens is 1030 g/mol. The molecule has 1 N–H and O–H groups in total. The van der Waals surface area contributed by atoms with E-state index in [4.69, 9.17) is 28.4 Å². The van der Waals surface area contributed by atoms with Crippen LogP contribution in [-0.4, -0.2) is 112 Å². The highest BCUT2D eigenvalue weighted by atomic mass is 16.6. The Morgan fingerprint density at radius 3 is 0.753 bits per heavy atom. The summed E-state index contributed by atoms with van der Waals surface area (Å²) in [5.41, 5.74) is 0. The Bertz CT molecular complexity index is 1440. The van der Waals surface area contributed by atoms with Gasteiger partial charge in [0.05, 0.1) is 11.8 Å². The fourth-order valence-corrected chi connectivity index (χ4v) is 12.9. The largest absolute Gasteiger partial charge is 0.465 e. The van der Waals surface area contributed by atoms with Crippen molar-refractivity contribution in [3.8, 4) is 0 Å². The molecular formula is C67H117NO13. The lowest BCUT2D eigenvalue weighted by molar-refractivity contribution is -0.156. The first-order valence-corrected chi connectivity index (χ1v) is 33.9. The van der Waals surface area contributed by atoms with Crippen LogP contribution < -0.4 is 0 Å². The van der Waals surface area contributed by atoms with Gasteiger partial charge in [0.1, 0.15) is 39.6 Å². The third-order valence-corrected chi connectivity index (χ3v) is 18.1. The lowest BCUT2D eigenvalue weighted by atomic mass is 9.86. The molecule has 0 aromatic carbocycles. The van der Waals surface area contributed by atoms with Crippen molar-refractivity contribution in [1.29, 1.82) is 0 Å². The van der Waals surface area contributed by atoms with Crippen LogP contribution >= 0.6 is 0 Å². The molecule has 0 aromatic rings. The molecule has 4 aliphatic carbocycles. The summed E-state index contributed by atoms with van der Waals surface area (Å²) in [4.78, 5) is 79.0. The van der Waals surface area contributed by atoms with Crippen LogP contribution in [0.3, 0.4) is 0 Å². The number of esters is 6. The van der Waals surface area contributed by atoms with E-state index in [0.29, 0.717) is 44.9 Å². The number of hydrogen-bond donors (Lipinski definition) is 1. The van der Waals surface area contributed by atoms with Crippen molar-refractivity contribution >= 4 is 35.8 Å². The molecule has 4 rings (SSSR count). The second-order valence-corrected chi connectivity index (χ2v) is 25.4. The van der Waals surface area contributed by atoms with Crippen LogP contribution in [0.25, 0.3) is 0 Å². The number of rotatable bonds is 47. The fraction of sp³-hybridized carbons (Fsp3) is 0.910. The third kappa shape index (κ3) is 37.6. The molecule has 0 unspecified atom stereocenters. The van der Waals surface area contributed by atoms with Gasteiger partial charge in [0.15, 0.2) is 0 Å². The standard InChI is InChI=1S/C67H117NO13/c69-49-27-48-68(46-25-5-15-40-62(70)76-50-60(52-78-64(72)42-21-17-36-56-28-7-1-8-29-56)53-79-65(73)43-22-18-37-57-30-9-2-10-31-57)47-26-6-16-41-63(71)77-51-61(54-80-66(74)44-23-19-38-58-32-11-3-12-33-58)55-81-67(75)45-24-20-39-59-34-13-4-14-35-59/h56-61,69H,1-55H2. The van der Waals surface area contributed by atoms with Crippen LogP contribution in [0.1, 0.15) is 289 Å². The van der Waals surface area contributed by atoms with Gasteiger partial charge in [0.2, 0.25) is 0 Å². The number of aliphatic hydroxyl groups is 1. The summed E-state index contributed by atoms with van der Waals surface area (Å²) >= 11 is 0. The van der Waals surface area contributed by atoms with Gasteiger partial charge in [-0.05, 0) is 94.5 Å². The second kappa shape index (κ2) is 47.0. The minimum atomic E-state index is -0.431. The topological polar surface area (TPSA) is 181 Å². The van der Waals surface area contributed by atoms with Gasteiger partial charge in [-0.2, -0.15) is 0 Å². The molecule has 14 nitrogen and oxygen atoms in total. The quantitative estimate of drug-likeness (QED) is 0.0345. The van der Waals surface area contributed by atoms with Gasteiger partial charge in [-0.3, -0.25) is 28.8 Å². The first-order chi connectivity index (χ1) is 39.6. The molecule has 4 fully saturated rings. The van der Waals surface area contributed by atoms with Crippen molar-refractivity contribution < 1.29 is 62.3 Å². The van der Waals surface area contributed by atoms with Gasteiger partial charge in [-0.15, -0.1) is 0 Å². The van der Waals surface area contributed by atoms with Crippen LogP contribution in [0, 0.1) is 35.5 Å². The zero-order chi connectivity index (χ0) is 57.6. The summed E-state index contributed by atoms with van der Waals surface area (Å²) in [5, 5.41) is 9.59. The Balaban J connectivity index is 1.09. The van der Waals surface area contributed by atoms with Crippen LogP contribution in [0.4, 0.5) is 0 Å². The summed E-state index contributed by atoms with van der Waals surface area (Å²) in [6.07, 6.45) is 45.7. The van der Waals surface area contributed by atoms with Crippen molar-refractivity contribution in [3.63, 3.8) is 0 Å². The molecule has 0 aliphatic heterocycles. The Morgan fingerprint density at radius 1 is 0.296 bits per heavy atom. The molecule has 4 saturated carbocycles. The van der Waals surface area contributed by atoms with E-state index >= 15 is 0 Å². The molecule has 0 bridgehead atoms. The van der Waals surface area contributed by atoms with E-state index in [2.05, 4.69) is 4.90 Å². The van der Waals surface area contributed by atoms with Crippen molar-refractivity contribution in [3.05, 3.63) is 0 Å². The lowest BCUT2D eigenvalue weighted by Gasteiger charge is -2.22. The van der Waals surface area contributed by atoms with E-state index in [1.54, 1.807) is 0 Å². The highest BCUT2D eigenvalue weighted by Crippen LogP contribution is 2.31. The van der Waals surface area contributed by atoms with Crippen LogP contribution in [-0.2, 0) is 57.2 Å². The predicted molar refractivity (Wildman–Crippen MR) is 318 cm³/mol. The van der Waals surface area contributed by atoms with Crippen molar-refractivity contribution in [2.45, 2.75) is 289 Å². The molecule has 4 aliphatic rings. The molecule has 0 spiro atoms. The molecule has 14 heteroatoms. The van der Waals surface area contributed by atoms with Gasteiger partial charge in [-0.25, -0.2) is 0 Å². The minimum absolute atomic E-state index is 0.0185. The molecule has 0 radical (unpaired) electrons. The third-order valence-electron chi connectivity index (χ3n) is 18.1. The van der Waals surface area contributed by atoms with E-state index in [1.807, 2.05) is 0 Å². The number of ether oxygens (including phenoxy) is 6. The number of unbranched alkanes of at least 4 members (excludes halogenated alkanes) is 8. The van der Waals surface area contributed by atoms with E-state index in [9.17, 15) is 33.9 Å². The van der Waals surface area contributed by atoms with Gasteiger partial charge >= 0.3 is 35.8 Å². The smallest absolute Gasteiger partial charge is 0.305 e. The van der Waals surface area contributed by atoms with E-state index in [1.165, 1.54) is 154 Å². The molecule has 0 saturated heterocycles. The maximum Gasteiger partial charge on any atom is 0.305 e. The molecule has 0 amide bonds. The number of hydrogen-bond acceptors (Lipinski definition) is 14. The minimum Gasteiger partial charge on any atom is -0.465 e. The van der Waals surface area contributed by atoms with E-state index in [-0.39, 0.29) is 94.9 Å². The second-order valence-electron chi connectivity index (χ2n) is 25.4. The Labute approximate surface area is 491 Å². The SMILES string of the molecule is O=C(CCCCCN(CCCO)CCCCCC(=O)OCC(COC(=O)CCCCC1CCCCC1)COC(=O)CCCCC1CCCCC1)OCC(COC(=O)CCCCC1CCCCC1)COC(=O)CCCCC1CCCCC1. The summed E-state index contributed by atoms with van der Waals surface area (Å²) in [5.74, 6) is 0.582. The van der Waals surface area contributed by atoms with Crippen molar-refractivity contribution in [2.24, 2.45) is 35.5 Å². The van der Waals surface area contributed by atoms with Crippen LogP contribution in [0.15, 0.2) is 0 Å². The molecule has 0 aromatic heterocycles. The summed E-state index contributed by atoms with van der Waals surface area (Å²) in [6.45, 7) is 2.72. The van der Waals surface area contributed by atoms with Crippen LogP contribution in [0.2, 0.25) is 0 Å². The average molecular weight is 1140 g/mol. The van der Waals surface area contributed by atoms with Crippen molar-refractivity contribution in [1.82, 2.24) is 4.90 Å². The molecule has 81 heavy (non-hydrogen) atoms. The molecule has 468 valence electrons. The Morgan fingerprint density at radius 2 is 0.519 bits per heavy atom. The first kappa shape index (κ1) is 70.2. The molecule has 0 atom stereocenters. The highest BCUT2D eigenvalue weighted by molar-refractivity contribution is 5.71. The zero-order valence-corrected chi connectivity index (χ0v) is 51.1. The predicted octanol–water partition coefficient (Wildman–Crippen LogP) is 14.8. The van der Waals surface area contributed by atoms with Gasteiger partial charge in [0.25, 0.3) is 0 Å². The summed E-state index contributed by atoms with van der Waals surface area (Å²) < 4.78 is 33.9. The van der Waals surface area contributed by atoms with E-state index < -0.39 is 11.8 Å². The zero-order valence-electron chi connectivity index (χ0n) is 51.1. The number of nitrogens with zero attached hydrogens (tertiary/aromatic N) is 1. The Hall–Kier alpha value is -3.26. The molecule has 0 heterocycles. The number of carbonyl (C=O) groups is 6. The summed E-state index contributed by atoms with van der Waals surface area (Å²) in [7, 11) is 0. The average Bonchev–Trinajstić information content (AvgIpc) is 3.49. The van der Waals surface area contributed by atoms with Crippen molar-refractivity contribution in [2.75, 3.05) is 65.9 Å². The number of aliphatic hydroxyl groups excluding tert-OH is 1. The Kier molecular flexibility index (Phi) is 40.8.